The zero-order chi connectivity index (χ0) is 19.7. The van der Waals surface area contributed by atoms with Crippen LogP contribution in [0.3, 0.4) is 0 Å². The summed E-state index contributed by atoms with van der Waals surface area (Å²) in [4.78, 5) is 0. The Hall–Kier alpha value is -0.970. The number of hydrogen-bond donors (Lipinski definition) is 1. The van der Waals surface area contributed by atoms with Crippen LogP contribution in [0.25, 0.3) is 0 Å². The van der Waals surface area contributed by atoms with Crippen molar-refractivity contribution in [2.75, 3.05) is 47.4 Å². The van der Waals surface area contributed by atoms with Crippen molar-refractivity contribution in [1.29, 1.82) is 0 Å². The summed E-state index contributed by atoms with van der Waals surface area (Å²) >= 11 is 0. The second-order valence-corrected chi connectivity index (χ2v) is 7.04. The SMILES string of the molecule is C#COC(COC)COC1OC(CS(=O)(=O)O)[C@H](OC)C(OC)C1OC. The number of terminal acetylenes is 1. The highest BCUT2D eigenvalue weighted by molar-refractivity contribution is 7.85. The first-order valence-corrected chi connectivity index (χ1v) is 9.32. The Balaban J connectivity index is 2.94. The lowest BCUT2D eigenvalue weighted by Gasteiger charge is -2.44. The van der Waals surface area contributed by atoms with E-state index in [2.05, 4.69) is 6.11 Å². The molecule has 26 heavy (non-hydrogen) atoms. The highest BCUT2D eigenvalue weighted by Gasteiger charge is 2.48. The zero-order valence-corrected chi connectivity index (χ0v) is 16.0. The molecule has 0 aliphatic carbocycles. The predicted molar refractivity (Wildman–Crippen MR) is 89.0 cm³/mol. The summed E-state index contributed by atoms with van der Waals surface area (Å²) in [5, 5.41) is 0. The average molecular weight is 398 g/mol. The Kier molecular flexibility index (Phi) is 9.77. The van der Waals surface area contributed by atoms with Crippen LogP contribution in [0.5, 0.6) is 0 Å². The fourth-order valence-corrected chi connectivity index (χ4v) is 3.44. The fraction of sp³-hybridized carbons (Fsp3) is 0.867. The smallest absolute Gasteiger partial charge is 0.267 e. The minimum absolute atomic E-state index is 0.00472. The van der Waals surface area contributed by atoms with E-state index in [4.69, 9.17) is 39.6 Å². The van der Waals surface area contributed by atoms with Gasteiger partial charge in [0.25, 0.3) is 10.1 Å². The summed E-state index contributed by atoms with van der Waals surface area (Å²) in [5.41, 5.74) is 0. The first kappa shape index (κ1) is 23.1. The van der Waals surface area contributed by atoms with Crippen LogP contribution in [0.4, 0.5) is 0 Å². The number of methoxy groups -OCH3 is 4. The van der Waals surface area contributed by atoms with Gasteiger partial charge in [-0.1, -0.05) is 6.42 Å². The van der Waals surface area contributed by atoms with Gasteiger partial charge in [0.05, 0.1) is 13.2 Å². The molecule has 152 valence electrons. The molecule has 1 fully saturated rings. The lowest BCUT2D eigenvalue weighted by molar-refractivity contribution is -0.308. The molecular formula is C15H26O10S. The van der Waals surface area contributed by atoms with Gasteiger partial charge in [0, 0.05) is 28.4 Å². The van der Waals surface area contributed by atoms with E-state index >= 15 is 0 Å². The summed E-state index contributed by atoms with van der Waals surface area (Å²) in [6.07, 6.45) is 2.33. The molecule has 0 radical (unpaired) electrons. The molecule has 1 rings (SSSR count). The van der Waals surface area contributed by atoms with E-state index in [1.807, 2.05) is 0 Å². The molecule has 0 bridgehead atoms. The quantitative estimate of drug-likeness (QED) is 0.353. The largest absolute Gasteiger partial charge is 0.439 e. The first-order valence-electron chi connectivity index (χ1n) is 7.72. The number of rotatable bonds is 11. The summed E-state index contributed by atoms with van der Waals surface area (Å²) in [7, 11) is 1.38. The van der Waals surface area contributed by atoms with Crippen LogP contribution < -0.4 is 0 Å². The van der Waals surface area contributed by atoms with Crippen molar-refractivity contribution in [2.24, 2.45) is 0 Å². The molecule has 0 amide bonds. The van der Waals surface area contributed by atoms with Gasteiger partial charge >= 0.3 is 0 Å². The molecule has 1 heterocycles. The van der Waals surface area contributed by atoms with Crippen LogP contribution in [0.1, 0.15) is 0 Å². The van der Waals surface area contributed by atoms with E-state index in [1.165, 1.54) is 28.4 Å². The van der Waals surface area contributed by atoms with E-state index in [9.17, 15) is 13.0 Å². The van der Waals surface area contributed by atoms with Crippen molar-refractivity contribution >= 4 is 10.1 Å². The normalized spacial score (nSPS) is 30.5. The van der Waals surface area contributed by atoms with Gasteiger partial charge in [-0.2, -0.15) is 8.42 Å². The third kappa shape index (κ3) is 6.64. The summed E-state index contributed by atoms with van der Waals surface area (Å²) < 4.78 is 69.2. The Morgan fingerprint density at radius 3 is 2.15 bits per heavy atom. The van der Waals surface area contributed by atoms with Crippen molar-refractivity contribution < 1.29 is 46.1 Å². The highest BCUT2D eigenvalue weighted by atomic mass is 32.2. The van der Waals surface area contributed by atoms with Crippen molar-refractivity contribution in [3.63, 3.8) is 0 Å². The van der Waals surface area contributed by atoms with Gasteiger partial charge in [-0.25, -0.2) is 0 Å². The summed E-state index contributed by atoms with van der Waals surface area (Å²) in [6, 6.07) is 0. The van der Waals surface area contributed by atoms with Crippen LogP contribution in [0, 0.1) is 12.5 Å². The third-order valence-electron chi connectivity index (χ3n) is 3.82. The second kappa shape index (κ2) is 11.0. The Morgan fingerprint density at radius 1 is 1.08 bits per heavy atom. The topological polar surface area (TPSA) is 119 Å². The monoisotopic (exact) mass is 398 g/mol. The maximum Gasteiger partial charge on any atom is 0.267 e. The van der Waals surface area contributed by atoms with Crippen LogP contribution in [0.15, 0.2) is 0 Å². The van der Waals surface area contributed by atoms with E-state index in [1.54, 1.807) is 0 Å². The Bertz CT molecular complexity index is 545. The lowest BCUT2D eigenvalue weighted by atomic mass is 9.99. The molecular weight excluding hydrogens is 372 g/mol. The van der Waals surface area contributed by atoms with Gasteiger partial charge in [0.15, 0.2) is 12.4 Å². The van der Waals surface area contributed by atoms with Crippen LogP contribution in [0.2, 0.25) is 0 Å². The summed E-state index contributed by atoms with van der Waals surface area (Å²) in [5.74, 6) is -0.690. The van der Waals surface area contributed by atoms with Crippen LogP contribution in [-0.4, -0.2) is 97.2 Å². The van der Waals surface area contributed by atoms with Gasteiger partial charge < -0.3 is 33.2 Å². The molecule has 1 aliphatic heterocycles. The Morgan fingerprint density at radius 2 is 1.69 bits per heavy atom. The molecule has 5 unspecified atom stereocenters. The van der Waals surface area contributed by atoms with Crippen LogP contribution >= 0.6 is 0 Å². The molecule has 0 spiro atoms. The minimum atomic E-state index is -4.32. The maximum absolute atomic E-state index is 11.3. The van der Waals surface area contributed by atoms with Crippen molar-refractivity contribution in [1.82, 2.24) is 0 Å². The van der Waals surface area contributed by atoms with Crippen LogP contribution in [-0.2, 0) is 43.3 Å². The van der Waals surface area contributed by atoms with Gasteiger partial charge in [-0.15, -0.1) is 0 Å². The molecule has 0 aromatic rings. The molecule has 0 saturated carbocycles. The van der Waals surface area contributed by atoms with Crippen molar-refractivity contribution in [2.45, 2.75) is 36.8 Å². The molecule has 11 heteroatoms. The maximum atomic E-state index is 11.3. The van der Waals surface area contributed by atoms with E-state index in [-0.39, 0.29) is 13.2 Å². The molecule has 10 nitrogen and oxygen atoms in total. The summed E-state index contributed by atoms with van der Waals surface area (Å²) in [6.45, 7) is 0.173. The lowest BCUT2D eigenvalue weighted by Crippen LogP contribution is -2.61. The average Bonchev–Trinajstić information content (AvgIpc) is 2.57. The first-order chi connectivity index (χ1) is 12.3. The number of ether oxygens (including phenoxy) is 7. The fourth-order valence-electron chi connectivity index (χ4n) is 2.76. The van der Waals surface area contributed by atoms with Crippen molar-refractivity contribution in [3.05, 3.63) is 0 Å². The van der Waals surface area contributed by atoms with E-state index < -0.39 is 52.7 Å². The van der Waals surface area contributed by atoms with Gasteiger partial charge in [0.2, 0.25) is 0 Å². The highest BCUT2D eigenvalue weighted by Crippen LogP contribution is 2.28. The zero-order valence-electron chi connectivity index (χ0n) is 15.2. The third-order valence-corrected chi connectivity index (χ3v) is 4.57. The van der Waals surface area contributed by atoms with Gasteiger partial charge in [-0.05, 0) is 0 Å². The molecule has 0 aromatic heterocycles. The van der Waals surface area contributed by atoms with Gasteiger partial charge in [0.1, 0.15) is 36.3 Å². The minimum Gasteiger partial charge on any atom is -0.439 e. The van der Waals surface area contributed by atoms with E-state index in [0.29, 0.717) is 0 Å². The molecule has 1 saturated heterocycles. The second-order valence-electron chi connectivity index (χ2n) is 5.54. The molecule has 1 aliphatic rings. The number of hydrogen-bond acceptors (Lipinski definition) is 9. The standard InChI is InChI=1S/C15H26O10S/c1-6-23-10(7-19-2)8-24-15-14(22-5)13(21-4)12(20-3)11(25-15)9-26(16,17)18/h1,10-15H,7-9H2,2-5H3,(H,16,17,18)/t10?,11?,12-,13?,14?,15?/m0/s1. The van der Waals surface area contributed by atoms with E-state index in [0.717, 1.165) is 0 Å². The Labute approximate surface area is 153 Å². The molecule has 1 N–H and O–H groups in total. The van der Waals surface area contributed by atoms with Crippen molar-refractivity contribution in [3.8, 4) is 12.5 Å². The van der Waals surface area contributed by atoms with Gasteiger partial charge in [-0.3, -0.25) is 4.55 Å². The predicted octanol–water partition coefficient (Wildman–Crippen LogP) is -0.717. The molecule has 0 aromatic carbocycles. The molecule has 6 atom stereocenters.